The molecule has 0 atom stereocenters. The van der Waals surface area contributed by atoms with Crippen LogP contribution < -0.4 is 0 Å². The second-order valence-electron chi connectivity index (χ2n) is 8.43. The second-order valence-corrected chi connectivity index (χ2v) is 8.43. The van der Waals surface area contributed by atoms with Gasteiger partial charge in [0.1, 0.15) is 0 Å². The van der Waals surface area contributed by atoms with Crippen molar-refractivity contribution >= 4 is 11.9 Å². The van der Waals surface area contributed by atoms with E-state index in [4.69, 9.17) is 4.74 Å². The van der Waals surface area contributed by atoms with Gasteiger partial charge in [-0.2, -0.15) is 0 Å². The molecule has 1 aliphatic rings. The van der Waals surface area contributed by atoms with E-state index >= 15 is 0 Å². The minimum Gasteiger partial charge on any atom is -0.465 e. The quantitative estimate of drug-likeness (QED) is 0.322. The maximum Gasteiger partial charge on any atom is 0.309 e. The van der Waals surface area contributed by atoms with Crippen LogP contribution >= 0.6 is 0 Å². The highest BCUT2D eigenvalue weighted by Gasteiger charge is 2.28. The van der Waals surface area contributed by atoms with Crippen LogP contribution in [0.3, 0.4) is 0 Å². The molecule has 0 unspecified atom stereocenters. The molecule has 162 valence electrons. The monoisotopic (exact) mass is 401 g/mol. The topological polar surface area (TPSA) is 46.6 Å². The molecule has 4 nitrogen and oxygen atoms in total. The van der Waals surface area contributed by atoms with E-state index in [0.29, 0.717) is 32.5 Å². The lowest BCUT2D eigenvalue weighted by molar-refractivity contribution is -0.150. The van der Waals surface area contributed by atoms with Crippen LogP contribution in [0.1, 0.15) is 93.5 Å². The Labute approximate surface area is 177 Å². The molecule has 0 aromatic heterocycles. The molecule has 2 rings (SSSR count). The molecular formula is C25H39NO3. The summed E-state index contributed by atoms with van der Waals surface area (Å²) in [6, 6.07) is 7.68. The summed E-state index contributed by atoms with van der Waals surface area (Å²) in [5.74, 6) is -0.0749. The summed E-state index contributed by atoms with van der Waals surface area (Å²) in [4.78, 5) is 26.7. The average Bonchev–Trinajstić information content (AvgIpc) is 2.75. The third kappa shape index (κ3) is 8.59. The van der Waals surface area contributed by atoms with Gasteiger partial charge in [0, 0.05) is 18.7 Å². The van der Waals surface area contributed by atoms with Crippen molar-refractivity contribution in [2.45, 2.75) is 84.5 Å². The molecule has 1 heterocycles. The van der Waals surface area contributed by atoms with Crippen LogP contribution in [0.5, 0.6) is 0 Å². The SMILES string of the molecule is CCCCCCCCCCCOC(=O)C1CCN(C(=O)c2ccc(C)cc2)CC1. The fraction of sp³-hybridized carbons (Fsp3) is 0.680. The van der Waals surface area contributed by atoms with Crippen molar-refractivity contribution in [1.82, 2.24) is 4.90 Å². The van der Waals surface area contributed by atoms with Gasteiger partial charge in [0.25, 0.3) is 5.91 Å². The number of piperidine rings is 1. The van der Waals surface area contributed by atoms with Crippen LogP contribution in [0.2, 0.25) is 0 Å². The lowest BCUT2D eigenvalue weighted by Crippen LogP contribution is -2.40. The van der Waals surface area contributed by atoms with Gasteiger partial charge >= 0.3 is 5.97 Å². The summed E-state index contributed by atoms with van der Waals surface area (Å²) in [5.41, 5.74) is 1.87. The first-order chi connectivity index (χ1) is 14.1. The number of aryl methyl sites for hydroxylation is 1. The summed E-state index contributed by atoms with van der Waals surface area (Å²) in [6.07, 6.45) is 12.8. The molecule has 0 saturated carbocycles. The maximum atomic E-state index is 12.6. The van der Waals surface area contributed by atoms with Gasteiger partial charge in [-0.05, 0) is 38.3 Å². The summed E-state index contributed by atoms with van der Waals surface area (Å²) in [6.45, 7) is 6.06. The molecule has 1 fully saturated rings. The fourth-order valence-electron chi connectivity index (χ4n) is 3.90. The minimum absolute atomic E-state index is 0.0596. The number of amides is 1. The number of rotatable bonds is 12. The van der Waals surface area contributed by atoms with Crippen LogP contribution in [-0.2, 0) is 9.53 Å². The molecule has 0 N–H and O–H groups in total. The fourth-order valence-corrected chi connectivity index (χ4v) is 3.90. The lowest BCUT2D eigenvalue weighted by Gasteiger charge is -2.31. The van der Waals surface area contributed by atoms with Gasteiger partial charge in [-0.1, -0.05) is 76.0 Å². The molecule has 1 amide bonds. The van der Waals surface area contributed by atoms with Gasteiger partial charge in [0.05, 0.1) is 12.5 Å². The van der Waals surface area contributed by atoms with E-state index in [1.807, 2.05) is 36.1 Å². The Morgan fingerprint density at radius 1 is 0.897 bits per heavy atom. The number of likely N-dealkylation sites (tertiary alicyclic amines) is 1. The number of hydrogen-bond acceptors (Lipinski definition) is 3. The second kappa shape index (κ2) is 13.4. The normalized spacial score (nSPS) is 14.8. The molecule has 1 saturated heterocycles. The van der Waals surface area contributed by atoms with E-state index in [1.165, 1.54) is 44.9 Å². The molecule has 1 aromatic rings. The molecule has 1 aliphatic heterocycles. The largest absolute Gasteiger partial charge is 0.465 e. The number of carbonyl (C=O) groups excluding carboxylic acids is 2. The number of unbranched alkanes of at least 4 members (excludes halogenated alkanes) is 8. The smallest absolute Gasteiger partial charge is 0.309 e. The highest BCUT2D eigenvalue weighted by atomic mass is 16.5. The van der Waals surface area contributed by atoms with Gasteiger partial charge in [-0.15, -0.1) is 0 Å². The molecule has 0 aliphatic carbocycles. The third-order valence-electron chi connectivity index (χ3n) is 5.91. The Hall–Kier alpha value is -1.84. The highest BCUT2D eigenvalue weighted by molar-refractivity contribution is 5.94. The zero-order chi connectivity index (χ0) is 20.9. The number of carbonyl (C=O) groups is 2. The van der Waals surface area contributed by atoms with E-state index in [2.05, 4.69) is 6.92 Å². The van der Waals surface area contributed by atoms with Crippen molar-refractivity contribution in [2.24, 2.45) is 5.92 Å². The lowest BCUT2D eigenvalue weighted by atomic mass is 9.96. The van der Waals surface area contributed by atoms with Gasteiger partial charge in [0.2, 0.25) is 0 Å². The Bertz CT molecular complexity index is 603. The molecule has 0 spiro atoms. The van der Waals surface area contributed by atoms with Gasteiger partial charge < -0.3 is 9.64 Å². The number of nitrogens with zero attached hydrogens (tertiary/aromatic N) is 1. The first-order valence-corrected chi connectivity index (χ1v) is 11.6. The maximum absolute atomic E-state index is 12.6. The predicted octanol–water partition coefficient (Wildman–Crippen LogP) is 5.92. The molecule has 1 aromatic carbocycles. The molecule has 0 bridgehead atoms. The van der Waals surface area contributed by atoms with Crippen LogP contribution in [0.25, 0.3) is 0 Å². The van der Waals surface area contributed by atoms with Crippen molar-refractivity contribution in [2.75, 3.05) is 19.7 Å². The standard InChI is InChI=1S/C25H39NO3/c1-3-4-5-6-7-8-9-10-11-20-29-25(28)23-16-18-26(19-17-23)24(27)22-14-12-21(2)13-15-22/h12-15,23H,3-11,16-20H2,1-2H3. The zero-order valence-corrected chi connectivity index (χ0v) is 18.5. The van der Waals surface area contributed by atoms with Gasteiger partial charge in [-0.3, -0.25) is 9.59 Å². The van der Waals surface area contributed by atoms with E-state index in [1.54, 1.807) is 0 Å². The molecule has 29 heavy (non-hydrogen) atoms. The number of benzene rings is 1. The first-order valence-electron chi connectivity index (χ1n) is 11.6. The van der Waals surface area contributed by atoms with Crippen LogP contribution in [0.4, 0.5) is 0 Å². The third-order valence-corrected chi connectivity index (χ3v) is 5.91. The van der Waals surface area contributed by atoms with E-state index < -0.39 is 0 Å². The highest BCUT2D eigenvalue weighted by Crippen LogP contribution is 2.21. The zero-order valence-electron chi connectivity index (χ0n) is 18.5. The Morgan fingerprint density at radius 2 is 1.45 bits per heavy atom. The number of ether oxygens (including phenoxy) is 1. The van der Waals surface area contributed by atoms with Crippen molar-refractivity contribution in [3.63, 3.8) is 0 Å². The number of hydrogen-bond donors (Lipinski definition) is 0. The van der Waals surface area contributed by atoms with Crippen molar-refractivity contribution < 1.29 is 14.3 Å². The van der Waals surface area contributed by atoms with E-state index in [0.717, 1.165) is 24.0 Å². The summed E-state index contributed by atoms with van der Waals surface area (Å²) in [5, 5.41) is 0. The number of esters is 1. The van der Waals surface area contributed by atoms with Crippen LogP contribution in [0.15, 0.2) is 24.3 Å². The average molecular weight is 402 g/mol. The molecular weight excluding hydrogens is 362 g/mol. The van der Waals surface area contributed by atoms with Gasteiger partial charge in [0.15, 0.2) is 0 Å². The molecule has 0 radical (unpaired) electrons. The Balaban J connectivity index is 1.54. The summed E-state index contributed by atoms with van der Waals surface area (Å²) >= 11 is 0. The Morgan fingerprint density at radius 3 is 2.03 bits per heavy atom. The first kappa shape index (κ1) is 23.4. The van der Waals surface area contributed by atoms with Crippen molar-refractivity contribution in [1.29, 1.82) is 0 Å². The summed E-state index contributed by atoms with van der Waals surface area (Å²) < 4.78 is 5.49. The molecule has 4 heteroatoms. The van der Waals surface area contributed by atoms with Gasteiger partial charge in [-0.25, -0.2) is 0 Å². The van der Waals surface area contributed by atoms with E-state index in [-0.39, 0.29) is 17.8 Å². The predicted molar refractivity (Wildman–Crippen MR) is 118 cm³/mol. The van der Waals surface area contributed by atoms with Crippen LogP contribution in [-0.4, -0.2) is 36.5 Å². The Kier molecular flexibility index (Phi) is 10.8. The summed E-state index contributed by atoms with van der Waals surface area (Å²) in [7, 11) is 0. The van der Waals surface area contributed by atoms with Crippen molar-refractivity contribution in [3.05, 3.63) is 35.4 Å². The van der Waals surface area contributed by atoms with E-state index in [9.17, 15) is 9.59 Å². The minimum atomic E-state index is -0.0769. The van der Waals surface area contributed by atoms with Crippen molar-refractivity contribution in [3.8, 4) is 0 Å². The van der Waals surface area contributed by atoms with Crippen LogP contribution in [0, 0.1) is 12.8 Å².